The Hall–Kier alpha value is -3.41. The second kappa shape index (κ2) is 6.84. The molecule has 2 aromatic carbocycles. The maximum Gasteiger partial charge on any atom is 0.340 e. The summed E-state index contributed by atoms with van der Waals surface area (Å²) in [5.74, 6) is -1.46. The van der Waals surface area contributed by atoms with E-state index in [0.717, 1.165) is 0 Å². The maximum absolute atomic E-state index is 13.2. The number of hydrogen-bond acceptors (Lipinski definition) is 4. The van der Waals surface area contributed by atoms with Gasteiger partial charge in [0.2, 0.25) is 0 Å². The third-order valence-corrected chi connectivity index (χ3v) is 4.06. The fourth-order valence-electron chi connectivity index (χ4n) is 2.86. The Morgan fingerprint density at radius 2 is 1.88 bits per heavy atom. The van der Waals surface area contributed by atoms with Gasteiger partial charge in [-0.05, 0) is 55.0 Å². The van der Waals surface area contributed by atoms with Crippen LogP contribution in [-0.4, -0.2) is 24.1 Å². The molecule has 6 heteroatoms. The van der Waals surface area contributed by atoms with Gasteiger partial charge in [-0.3, -0.25) is 9.69 Å². The summed E-state index contributed by atoms with van der Waals surface area (Å²) in [6, 6.07) is 11.7. The Balaban J connectivity index is 2.13. The summed E-state index contributed by atoms with van der Waals surface area (Å²) in [4.78, 5) is 26.6. The average molecular weight is 353 g/mol. The predicted octanol–water partition coefficient (Wildman–Crippen LogP) is 3.41. The summed E-state index contributed by atoms with van der Waals surface area (Å²) in [5, 5.41) is 9.62. The van der Waals surface area contributed by atoms with E-state index in [1.165, 1.54) is 54.5 Å². The van der Waals surface area contributed by atoms with Gasteiger partial charge in [0.05, 0.1) is 18.3 Å². The number of rotatable bonds is 3. The van der Waals surface area contributed by atoms with Crippen LogP contribution in [0.2, 0.25) is 0 Å². The normalized spacial score (nSPS) is 15.7. The lowest BCUT2D eigenvalue weighted by atomic mass is 10.0. The van der Waals surface area contributed by atoms with Crippen LogP contribution in [0.15, 0.2) is 65.4 Å². The van der Waals surface area contributed by atoms with Crippen LogP contribution >= 0.6 is 0 Å². The first-order chi connectivity index (χ1) is 12.4. The van der Waals surface area contributed by atoms with Gasteiger partial charge in [0.25, 0.3) is 5.91 Å². The van der Waals surface area contributed by atoms with E-state index in [1.54, 1.807) is 19.1 Å². The first kappa shape index (κ1) is 17.4. The van der Waals surface area contributed by atoms with Crippen molar-refractivity contribution in [3.05, 3.63) is 76.8 Å². The summed E-state index contributed by atoms with van der Waals surface area (Å²) in [6.45, 7) is 1.62. The van der Waals surface area contributed by atoms with E-state index < -0.39 is 17.7 Å². The summed E-state index contributed by atoms with van der Waals surface area (Å²) in [5.41, 5.74) is 1.66. The highest BCUT2D eigenvalue weighted by Gasteiger charge is 2.37. The standard InChI is InChI=1S/C20H16FNO4/c1-12-18(20(25)26-2)17(11-13-4-3-5-16(23)10-13)19(24)22(12)15-8-6-14(21)7-9-15/h3-11,23H,1-2H3. The van der Waals surface area contributed by atoms with E-state index in [2.05, 4.69) is 0 Å². The number of amides is 1. The second-order valence-electron chi connectivity index (χ2n) is 5.72. The zero-order valence-electron chi connectivity index (χ0n) is 14.2. The molecule has 1 heterocycles. The molecule has 2 aromatic rings. The molecule has 1 aliphatic rings. The van der Waals surface area contributed by atoms with Gasteiger partial charge in [0.15, 0.2) is 0 Å². The molecular weight excluding hydrogens is 337 g/mol. The van der Waals surface area contributed by atoms with Gasteiger partial charge < -0.3 is 9.84 Å². The van der Waals surface area contributed by atoms with Crippen molar-refractivity contribution in [2.45, 2.75) is 6.92 Å². The molecule has 132 valence electrons. The van der Waals surface area contributed by atoms with Crippen LogP contribution in [0.1, 0.15) is 12.5 Å². The summed E-state index contributed by atoms with van der Waals surface area (Å²) < 4.78 is 18.0. The third-order valence-electron chi connectivity index (χ3n) is 4.06. The lowest BCUT2D eigenvalue weighted by Crippen LogP contribution is -2.24. The quantitative estimate of drug-likeness (QED) is 0.678. The zero-order chi connectivity index (χ0) is 18.8. The van der Waals surface area contributed by atoms with Gasteiger partial charge in [-0.1, -0.05) is 12.1 Å². The highest BCUT2D eigenvalue weighted by molar-refractivity contribution is 6.23. The molecule has 5 nitrogen and oxygen atoms in total. The fourth-order valence-corrected chi connectivity index (χ4v) is 2.86. The van der Waals surface area contributed by atoms with E-state index in [4.69, 9.17) is 4.74 Å². The van der Waals surface area contributed by atoms with Crippen molar-refractivity contribution in [2.24, 2.45) is 0 Å². The number of phenols is 1. The smallest absolute Gasteiger partial charge is 0.340 e. The van der Waals surface area contributed by atoms with Crippen LogP contribution in [0.25, 0.3) is 6.08 Å². The highest BCUT2D eigenvalue weighted by Crippen LogP contribution is 2.35. The van der Waals surface area contributed by atoms with Crippen LogP contribution in [0.3, 0.4) is 0 Å². The first-order valence-corrected chi connectivity index (χ1v) is 7.82. The lowest BCUT2D eigenvalue weighted by Gasteiger charge is -2.17. The number of ether oxygens (including phenoxy) is 1. The Bertz CT molecular complexity index is 945. The topological polar surface area (TPSA) is 66.8 Å². The van der Waals surface area contributed by atoms with Gasteiger partial charge in [0.1, 0.15) is 11.6 Å². The number of phenolic OH excluding ortho intramolecular Hbond substituents is 1. The predicted molar refractivity (Wildman–Crippen MR) is 94.7 cm³/mol. The van der Waals surface area contributed by atoms with Crippen molar-refractivity contribution in [1.82, 2.24) is 0 Å². The Kier molecular flexibility index (Phi) is 4.58. The molecular formula is C20H16FNO4. The molecule has 3 rings (SSSR count). The third kappa shape index (κ3) is 3.09. The minimum atomic E-state index is -0.646. The molecule has 0 saturated carbocycles. The highest BCUT2D eigenvalue weighted by atomic mass is 19.1. The fraction of sp³-hybridized carbons (Fsp3) is 0.100. The van der Waals surface area contributed by atoms with E-state index in [9.17, 15) is 19.1 Å². The molecule has 0 bridgehead atoms. The summed E-state index contributed by atoms with van der Waals surface area (Å²) in [7, 11) is 1.24. The Morgan fingerprint density at radius 3 is 2.50 bits per heavy atom. The van der Waals surface area contributed by atoms with Crippen molar-refractivity contribution >= 4 is 23.6 Å². The molecule has 0 aromatic heterocycles. The number of methoxy groups -OCH3 is 1. The van der Waals surface area contributed by atoms with E-state index in [0.29, 0.717) is 16.9 Å². The number of hydrogen-bond donors (Lipinski definition) is 1. The zero-order valence-corrected chi connectivity index (χ0v) is 14.2. The lowest BCUT2D eigenvalue weighted by molar-refractivity contribution is -0.136. The largest absolute Gasteiger partial charge is 0.508 e. The molecule has 0 radical (unpaired) electrons. The summed E-state index contributed by atoms with van der Waals surface area (Å²) >= 11 is 0. The number of benzene rings is 2. The second-order valence-corrected chi connectivity index (χ2v) is 5.72. The van der Waals surface area contributed by atoms with E-state index in [-0.39, 0.29) is 16.9 Å². The number of nitrogens with zero attached hydrogens (tertiary/aromatic N) is 1. The molecule has 0 aliphatic carbocycles. The van der Waals surface area contributed by atoms with Crippen molar-refractivity contribution in [1.29, 1.82) is 0 Å². The molecule has 1 amide bonds. The number of carbonyl (C=O) groups excluding carboxylic acids is 2. The van der Waals surface area contributed by atoms with Crippen molar-refractivity contribution < 1.29 is 23.8 Å². The molecule has 0 spiro atoms. The Morgan fingerprint density at radius 1 is 1.19 bits per heavy atom. The average Bonchev–Trinajstić information content (AvgIpc) is 2.86. The molecule has 0 atom stereocenters. The number of aromatic hydroxyl groups is 1. The SMILES string of the molecule is COC(=O)C1=C(C)N(c2ccc(F)cc2)C(=O)C1=Cc1cccc(O)c1. The van der Waals surface area contributed by atoms with Crippen LogP contribution < -0.4 is 4.90 Å². The summed E-state index contributed by atoms with van der Waals surface area (Å²) in [6.07, 6.45) is 1.52. The minimum absolute atomic E-state index is 0.0421. The number of allylic oxidation sites excluding steroid dienone is 1. The van der Waals surface area contributed by atoms with Crippen molar-refractivity contribution in [2.75, 3.05) is 12.0 Å². The first-order valence-electron chi connectivity index (χ1n) is 7.82. The monoisotopic (exact) mass is 353 g/mol. The van der Waals surface area contributed by atoms with Gasteiger partial charge in [-0.25, -0.2) is 9.18 Å². The number of halogens is 1. The molecule has 26 heavy (non-hydrogen) atoms. The van der Waals surface area contributed by atoms with Crippen LogP contribution in [0.4, 0.5) is 10.1 Å². The van der Waals surface area contributed by atoms with E-state index >= 15 is 0 Å². The minimum Gasteiger partial charge on any atom is -0.508 e. The molecule has 1 aliphatic heterocycles. The van der Waals surface area contributed by atoms with E-state index in [1.807, 2.05) is 0 Å². The molecule has 1 N–H and O–H groups in total. The molecule has 0 fully saturated rings. The Labute approximate surface area is 149 Å². The number of anilines is 1. The number of esters is 1. The van der Waals surface area contributed by atoms with Gasteiger partial charge in [-0.15, -0.1) is 0 Å². The maximum atomic E-state index is 13.2. The van der Waals surface area contributed by atoms with Crippen molar-refractivity contribution in [3.63, 3.8) is 0 Å². The van der Waals surface area contributed by atoms with Gasteiger partial charge in [0, 0.05) is 11.4 Å². The van der Waals surface area contributed by atoms with Gasteiger partial charge in [-0.2, -0.15) is 0 Å². The van der Waals surface area contributed by atoms with Gasteiger partial charge >= 0.3 is 5.97 Å². The molecule has 0 saturated heterocycles. The van der Waals surface area contributed by atoms with Crippen LogP contribution in [0, 0.1) is 5.82 Å². The number of carbonyl (C=O) groups is 2. The van der Waals surface area contributed by atoms with Crippen LogP contribution in [-0.2, 0) is 14.3 Å². The van der Waals surface area contributed by atoms with Crippen LogP contribution in [0.5, 0.6) is 5.75 Å². The van der Waals surface area contributed by atoms with Crippen molar-refractivity contribution in [3.8, 4) is 5.75 Å². The molecule has 0 unspecified atom stereocenters.